The quantitative estimate of drug-likeness (QED) is 0.830. The van der Waals surface area contributed by atoms with Crippen LogP contribution < -0.4 is 4.90 Å². The van der Waals surface area contributed by atoms with E-state index >= 15 is 0 Å². The zero-order valence-electron chi connectivity index (χ0n) is 10.0. The first-order valence-corrected chi connectivity index (χ1v) is 7.13. The van der Waals surface area contributed by atoms with Crippen molar-refractivity contribution in [3.8, 4) is 0 Å². The van der Waals surface area contributed by atoms with Crippen LogP contribution in [0.3, 0.4) is 0 Å². The van der Waals surface area contributed by atoms with Crippen LogP contribution in [-0.2, 0) is 4.79 Å². The van der Waals surface area contributed by atoms with Crippen LogP contribution in [0.2, 0.25) is 0 Å². The molecule has 1 aromatic carbocycles. The van der Waals surface area contributed by atoms with Crippen LogP contribution in [0.1, 0.15) is 17.5 Å². The summed E-state index contributed by atoms with van der Waals surface area (Å²) in [6.45, 7) is 4.89. The maximum Gasteiger partial charge on any atom is 0.227 e. The first-order chi connectivity index (χ1) is 8.02. The minimum absolute atomic E-state index is 0.205. The average molecular weight is 314 g/mol. The van der Waals surface area contributed by atoms with E-state index in [1.807, 2.05) is 11.8 Å². The normalized spacial score (nSPS) is 20.1. The van der Waals surface area contributed by atoms with Gasteiger partial charge in [0, 0.05) is 17.4 Å². The van der Waals surface area contributed by atoms with E-state index in [-0.39, 0.29) is 5.91 Å². The highest BCUT2D eigenvalue weighted by Gasteiger charge is 2.31. The molecule has 0 bridgehead atoms. The Morgan fingerprint density at radius 2 is 2.18 bits per heavy atom. The molecule has 1 unspecified atom stereocenters. The van der Waals surface area contributed by atoms with Gasteiger partial charge in [0.25, 0.3) is 0 Å². The smallest absolute Gasteiger partial charge is 0.227 e. The molecule has 2 rings (SSSR count). The highest BCUT2D eigenvalue weighted by atomic mass is 79.9. The van der Waals surface area contributed by atoms with Gasteiger partial charge in [0.05, 0.1) is 5.69 Å². The van der Waals surface area contributed by atoms with Crippen molar-refractivity contribution in [1.29, 1.82) is 0 Å². The molecule has 1 fully saturated rings. The van der Waals surface area contributed by atoms with Gasteiger partial charge >= 0.3 is 0 Å². The van der Waals surface area contributed by atoms with Gasteiger partial charge in [0.2, 0.25) is 5.91 Å². The summed E-state index contributed by atoms with van der Waals surface area (Å²) in [5.74, 6) is 1.35. The lowest BCUT2D eigenvalue weighted by molar-refractivity contribution is -0.117. The van der Waals surface area contributed by atoms with Crippen molar-refractivity contribution in [3.05, 3.63) is 27.7 Å². The number of hydrogen-bond acceptors (Lipinski definition) is 2. The molecule has 17 heavy (non-hydrogen) atoms. The van der Waals surface area contributed by atoms with Crippen molar-refractivity contribution in [2.45, 2.75) is 20.3 Å². The fraction of sp³-hybridized carbons (Fsp3) is 0.462. The molecule has 0 radical (unpaired) electrons. The van der Waals surface area contributed by atoms with Crippen LogP contribution in [0, 0.1) is 19.8 Å². The number of rotatable bonds is 2. The summed E-state index contributed by atoms with van der Waals surface area (Å²) in [6, 6.07) is 4.17. The summed E-state index contributed by atoms with van der Waals surface area (Å²) >= 11 is 7.85. The number of anilines is 1. The molecule has 0 spiro atoms. The van der Waals surface area contributed by atoms with Crippen molar-refractivity contribution < 1.29 is 4.79 Å². The van der Waals surface area contributed by atoms with Crippen molar-refractivity contribution >= 4 is 40.2 Å². The standard InChI is InChI=1S/C13H16BrNOS/c1-8-3-9(2)13(11(14)4-8)15-6-10(7-17)5-12(15)16/h3-4,10,17H,5-7H2,1-2H3. The fourth-order valence-corrected chi connectivity index (χ4v) is 3.50. The van der Waals surface area contributed by atoms with Gasteiger partial charge in [-0.25, -0.2) is 0 Å². The van der Waals surface area contributed by atoms with Gasteiger partial charge in [-0.1, -0.05) is 6.07 Å². The molecule has 1 atom stereocenters. The minimum Gasteiger partial charge on any atom is -0.311 e. The maximum atomic E-state index is 12.0. The van der Waals surface area contributed by atoms with E-state index in [0.29, 0.717) is 12.3 Å². The zero-order valence-corrected chi connectivity index (χ0v) is 12.5. The van der Waals surface area contributed by atoms with E-state index < -0.39 is 0 Å². The lowest BCUT2D eigenvalue weighted by Gasteiger charge is -2.21. The SMILES string of the molecule is Cc1cc(C)c(N2CC(CS)CC2=O)c(Br)c1. The molecular formula is C13H16BrNOS. The summed E-state index contributed by atoms with van der Waals surface area (Å²) in [4.78, 5) is 13.9. The predicted molar refractivity (Wildman–Crippen MR) is 77.9 cm³/mol. The third-order valence-corrected chi connectivity index (χ3v) is 4.25. The van der Waals surface area contributed by atoms with Gasteiger partial charge in [-0.15, -0.1) is 0 Å². The van der Waals surface area contributed by atoms with Gasteiger partial charge in [0.15, 0.2) is 0 Å². The number of hydrogen-bond donors (Lipinski definition) is 1. The van der Waals surface area contributed by atoms with Crippen molar-refractivity contribution in [2.24, 2.45) is 5.92 Å². The first-order valence-electron chi connectivity index (χ1n) is 5.71. The molecule has 1 saturated heterocycles. The minimum atomic E-state index is 0.205. The topological polar surface area (TPSA) is 20.3 Å². The van der Waals surface area contributed by atoms with Gasteiger partial charge in [0.1, 0.15) is 0 Å². The van der Waals surface area contributed by atoms with Crippen molar-refractivity contribution in [2.75, 3.05) is 17.2 Å². The Hall–Kier alpha value is -0.480. The highest BCUT2D eigenvalue weighted by Crippen LogP contribution is 2.35. The van der Waals surface area contributed by atoms with E-state index in [2.05, 4.69) is 47.6 Å². The molecule has 92 valence electrons. The summed E-state index contributed by atoms with van der Waals surface area (Å²) < 4.78 is 1.00. The van der Waals surface area contributed by atoms with Gasteiger partial charge < -0.3 is 4.90 Å². The fourth-order valence-electron chi connectivity index (χ4n) is 2.37. The van der Waals surface area contributed by atoms with E-state index in [1.54, 1.807) is 0 Å². The number of aryl methyl sites for hydroxylation is 2. The molecule has 1 amide bonds. The number of benzene rings is 1. The molecule has 1 aromatic rings. The average Bonchev–Trinajstić information content (AvgIpc) is 2.59. The number of nitrogens with zero attached hydrogens (tertiary/aromatic N) is 1. The number of halogens is 1. The Morgan fingerprint density at radius 3 is 2.71 bits per heavy atom. The lowest BCUT2D eigenvalue weighted by atomic mass is 10.1. The second-order valence-corrected chi connectivity index (χ2v) is 5.89. The Morgan fingerprint density at radius 1 is 1.47 bits per heavy atom. The maximum absolute atomic E-state index is 12.0. The van der Waals surface area contributed by atoms with Crippen LogP contribution in [0.4, 0.5) is 5.69 Å². The molecule has 2 nitrogen and oxygen atoms in total. The third-order valence-electron chi connectivity index (χ3n) is 3.13. The van der Waals surface area contributed by atoms with E-state index in [1.165, 1.54) is 5.56 Å². The van der Waals surface area contributed by atoms with Gasteiger partial charge in [-0.2, -0.15) is 12.6 Å². The number of amides is 1. The summed E-state index contributed by atoms with van der Waals surface area (Å²) in [5, 5.41) is 0. The Bertz CT molecular complexity index is 438. The Kier molecular flexibility index (Phi) is 3.83. The first kappa shape index (κ1) is 13.0. The molecule has 1 aliphatic rings. The molecule has 0 aliphatic carbocycles. The molecule has 0 aromatic heterocycles. The lowest BCUT2D eigenvalue weighted by Crippen LogP contribution is -2.26. The Labute approximate surface area is 116 Å². The van der Waals surface area contributed by atoms with Crippen molar-refractivity contribution in [1.82, 2.24) is 0 Å². The summed E-state index contributed by atoms with van der Waals surface area (Å²) in [7, 11) is 0. The summed E-state index contributed by atoms with van der Waals surface area (Å²) in [5.41, 5.74) is 3.37. The molecule has 1 aliphatic heterocycles. The molecule has 4 heteroatoms. The third kappa shape index (κ3) is 2.52. The van der Waals surface area contributed by atoms with Crippen LogP contribution in [-0.4, -0.2) is 18.2 Å². The second-order valence-electron chi connectivity index (χ2n) is 4.67. The number of carbonyl (C=O) groups excluding carboxylic acids is 1. The Balaban J connectivity index is 2.38. The predicted octanol–water partition coefficient (Wildman–Crippen LogP) is 3.35. The second kappa shape index (κ2) is 5.02. The largest absolute Gasteiger partial charge is 0.311 e. The monoisotopic (exact) mass is 313 g/mol. The zero-order chi connectivity index (χ0) is 12.6. The molecule has 0 saturated carbocycles. The van der Waals surface area contributed by atoms with E-state index in [4.69, 9.17) is 0 Å². The van der Waals surface area contributed by atoms with Crippen LogP contribution in [0.5, 0.6) is 0 Å². The number of thiol groups is 1. The van der Waals surface area contributed by atoms with Crippen LogP contribution in [0.15, 0.2) is 16.6 Å². The molecule has 0 N–H and O–H groups in total. The molecular weight excluding hydrogens is 298 g/mol. The highest BCUT2D eigenvalue weighted by molar-refractivity contribution is 9.10. The van der Waals surface area contributed by atoms with Gasteiger partial charge in [-0.05, 0) is 58.6 Å². The molecule has 1 heterocycles. The van der Waals surface area contributed by atoms with Crippen LogP contribution >= 0.6 is 28.6 Å². The number of carbonyl (C=O) groups is 1. The van der Waals surface area contributed by atoms with Gasteiger partial charge in [-0.3, -0.25) is 4.79 Å². The van der Waals surface area contributed by atoms with E-state index in [9.17, 15) is 4.79 Å². The van der Waals surface area contributed by atoms with Crippen LogP contribution in [0.25, 0.3) is 0 Å². The summed E-state index contributed by atoms with van der Waals surface area (Å²) in [6.07, 6.45) is 0.614. The van der Waals surface area contributed by atoms with E-state index in [0.717, 1.165) is 28.0 Å². The van der Waals surface area contributed by atoms with Crippen molar-refractivity contribution in [3.63, 3.8) is 0 Å².